The summed E-state index contributed by atoms with van der Waals surface area (Å²) in [6.45, 7) is 1.57. The minimum Gasteiger partial charge on any atom is -0.478 e. The van der Waals surface area contributed by atoms with E-state index in [9.17, 15) is 18.4 Å². The molecule has 1 atom stereocenters. The van der Waals surface area contributed by atoms with Gasteiger partial charge in [-0.3, -0.25) is 0 Å². The lowest BCUT2D eigenvalue weighted by Crippen LogP contribution is -2.06. The Kier molecular flexibility index (Phi) is 3.71. The largest absolute Gasteiger partial charge is 0.478 e. The second kappa shape index (κ2) is 4.83. The standard InChI is InChI=1S/C11H10F2O3/c1-6(2-3-14)7-4-8(11(15)16)10(13)5-9(7)12/h3-6H,2H2,1H3,(H,15,16). The fraction of sp³-hybridized carbons (Fsp3) is 0.273. The molecule has 0 saturated heterocycles. The number of aldehydes is 1. The maximum Gasteiger partial charge on any atom is 0.338 e. The number of halogens is 2. The molecule has 1 unspecified atom stereocenters. The number of carboxylic acid groups (broad SMARTS) is 1. The molecule has 1 aromatic rings. The fourth-order valence-electron chi connectivity index (χ4n) is 1.38. The monoisotopic (exact) mass is 228 g/mol. The van der Waals surface area contributed by atoms with Crippen LogP contribution in [0.2, 0.25) is 0 Å². The van der Waals surface area contributed by atoms with Crippen molar-refractivity contribution in [3.8, 4) is 0 Å². The average molecular weight is 228 g/mol. The van der Waals surface area contributed by atoms with Crippen LogP contribution in [-0.4, -0.2) is 17.4 Å². The van der Waals surface area contributed by atoms with Crippen LogP contribution in [0.25, 0.3) is 0 Å². The summed E-state index contributed by atoms with van der Waals surface area (Å²) in [4.78, 5) is 20.9. The lowest BCUT2D eigenvalue weighted by Gasteiger charge is -2.10. The minimum absolute atomic E-state index is 0.0332. The first kappa shape index (κ1) is 12.3. The van der Waals surface area contributed by atoms with Crippen molar-refractivity contribution < 1.29 is 23.5 Å². The number of carboxylic acids is 1. The molecule has 5 heteroatoms. The molecule has 0 aliphatic carbocycles. The van der Waals surface area contributed by atoms with Crippen LogP contribution in [0.15, 0.2) is 12.1 Å². The van der Waals surface area contributed by atoms with Gasteiger partial charge in [0.15, 0.2) is 0 Å². The van der Waals surface area contributed by atoms with Gasteiger partial charge < -0.3 is 9.90 Å². The maximum absolute atomic E-state index is 13.3. The summed E-state index contributed by atoms with van der Waals surface area (Å²) >= 11 is 0. The van der Waals surface area contributed by atoms with Crippen molar-refractivity contribution in [2.24, 2.45) is 0 Å². The number of benzene rings is 1. The normalized spacial score (nSPS) is 12.2. The first-order valence-electron chi connectivity index (χ1n) is 4.63. The molecule has 0 saturated carbocycles. The van der Waals surface area contributed by atoms with Gasteiger partial charge in [0.2, 0.25) is 0 Å². The van der Waals surface area contributed by atoms with Crippen LogP contribution in [0.1, 0.15) is 35.2 Å². The highest BCUT2D eigenvalue weighted by Gasteiger charge is 2.18. The topological polar surface area (TPSA) is 54.4 Å². The van der Waals surface area contributed by atoms with Crippen molar-refractivity contribution in [3.63, 3.8) is 0 Å². The van der Waals surface area contributed by atoms with Gasteiger partial charge in [0.25, 0.3) is 0 Å². The third kappa shape index (κ3) is 2.42. The Labute approximate surface area is 90.7 Å². The van der Waals surface area contributed by atoms with Crippen molar-refractivity contribution in [1.29, 1.82) is 0 Å². The second-order valence-corrected chi connectivity index (χ2v) is 3.46. The van der Waals surface area contributed by atoms with Gasteiger partial charge in [-0.05, 0) is 17.5 Å². The van der Waals surface area contributed by atoms with Gasteiger partial charge in [0.1, 0.15) is 17.9 Å². The third-order valence-corrected chi connectivity index (χ3v) is 2.30. The van der Waals surface area contributed by atoms with Gasteiger partial charge in [-0.2, -0.15) is 0 Å². The zero-order valence-electron chi connectivity index (χ0n) is 8.54. The van der Waals surface area contributed by atoms with E-state index in [1.807, 2.05) is 0 Å². The number of carbonyl (C=O) groups excluding carboxylic acids is 1. The van der Waals surface area contributed by atoms with Gasteiger partial charge >= 0.3 is 5.97 Å². The molecule has 1 aromatic carbocycles. The predicted octanol–water partition coefficient (Wildman–Crippen LogP) is 2.36. The molecule has 86 valence electrons. The molecule has 0 aliphatic heterocycles. The van der Waals surface area contributed by atoms with Crippen LogP contribution < -0.4 is 0 Å². The van der Waals surface area contributed by atoms with E-state index >= 15 is 0 Å². The van der Waals surface area contributed by atoms with Gasteiger partial charge in [0.05, 0.1) is 5.56 Å². The van der Waals surface area contributed by atoms with Crippen molar-refractivity contribution >= 4 is 12.3 Å². The zero-order valence-corrected chi connectivity index (χ0v) is 8.54. The van der Waals surface area contributed by atoms with E-state index < -0.39 is 29.1 Å². The number of aromatic carboxylic acids is 1. The molecule has 3 nitrogen and oxygen atoms in total. The molecule has 0 spiro atoms. The SMILES string of the molecule is CC(CC=O)c1cc(C(=O)O)c(F)cc1F. The van der Waals surface area contributed by atoms with Gasteiger partial charge in [0, 0.05) is 12.5 Å². The smallest absolute Gasteiger partial charge is 0.338 e. The average Bonchev–Trinajstić information content (AvgIpc) is 2.17. The summed E-state index contributed by atoms with van der Waals surface area (Å²) in [7, 11) is 0. The highest BCUT2D eigenvalue weighted by atomic mass is 19.1. The van der Waals surface area contributed by atoms with Crippen LogP contribution in [-0.2, 0) is 4.79 Å². The summed E-state index contributed by atoms with van der Waals surface area (Å²) in [6.07, 6.45) is 0.662. The van der Waals surface area contributed by atoms with Crippen LogP contribution in [0.4, 0.5) is 8.78 Å². The van der Waals surface area contributed by atoms with E-state index in [1.165, 1.54) is 0 Å². The van der Waals surface area contributed by atoms with Crippen molar-refractivity contribution in [3.05, 3.63) is 34.9 Å². The van der Waals surface area contributed by atoms with Gasteiger partial charge in [-0.25, -0.2) is 13.6 Å². The summed E-state index contributed by atoms with van der Waals surface area (Å²) in [5.74, 6) is -3.89. The predicted molar refractivity (Wildman–Crippen MR) is 52.4 cm³/mol. The molecule has 1 N–H and O–H groups in total. The van der Waals surface area contributed by atoms with Gasteiger partial charge in [-0.1, -0.05) is 6.92 Å². The van der Waals surface area contributed by atoms with Crippen LogP contribution in [0, 0.1) is 11.6 Å². The number of rotatable bonds is 4. The number of hydrogen-bond donors (Lipinski definition) is 1. The Morgan fingerprint density at radius 1 is 1.44 bits per heavy atom. The highest BCUT2D eigenvalue weighted by molar-refractivity contribution is 5.88. The Morgan fingerprint density at radius 3 is 2.56 bits per heavy atom. The molecule has 1 rings (SSSR count). The first-order valence-corrected chi connectivity index (χ1v) is 4.63. The van der Waals surface area contributed by atoms with Crippen molar-refractivity contribution in [1.82, 2.24) is 0 Å². The van der Waals surface area contributed by atoms with E-state index in [0.29, 0.717) is 12.4 Å². The number of carbonyl (C=O) groups is 2. The molecule has 0 aliphatic rings. The fourth-order valence-corrected chi connectivity index (χ4v) is 1.38. The van der Waals surface area contributed by atoms with Crippen LogP contribution in [0.3, 0.4) is 0 Å². The Bertz CT molecular complexity index is 429. The third-order valence-electron chi connectivity index (χ3n) is 2.30. The van der Waals surface area contributed by atoms with Crippen molar-refractivity contribution in [2.75, 3.05) is 0 Å². The lowest BCUT2D eigenvalue weighted by atomic mass is 9.96. The molecule has 0 amide bonds. The molecule has 0 heterocycles. The Balaban J connectivity index is 3.24. The molecular formula is C11H10F2O3. The lowest BCUT2D eigenvalue weighted by molar-refractivity contribution is -0.108. The zero-order chi connectivity index (χ0) is 12.3. The quantitative estimate of drug-likeness (QED) is 0.805. The first-order chi connectivity index (χ1) is 7.47. The molecule has 0 radical (unpaired) electrons. The van der Waals surface area contributed by atoms with E-state index in [-0.39, 0.29) is 12.0 Å². The summed E-state index contributed by atoms with van der Waals surface area (Å²) in [6, 6.07) is 1.46. The molecule has 0 bridgehead atoms. The van der Waals surface area contributed by atoms with E-state index in [1.54, 1.807) is 6.92 Å². The van der Waals surface area contributed by atoms with Crippen molar-refractivity contribution in [2.45, 2.75) is 19.3 Å². The van der Waals surface area contributed by atoms with Crippen LogP contribution in [0.5, 0.6) is 0 Å². The Hall–Kier alpha value is -1.78. The molecular weight excluding hydrogens is 218 g/mol. The van der Waals surface area contributed by atoms with E-state index in [4.69, 9.17) is 5.11 Å². The highest BCUT2D eigenvalue weighted by Crippen LogP contribution is 2.24. The number of hydrogen-bond acceptors (Lipinski definition) is 2. The van der Waals surface area contributed by atoms with Crippen LogP contribution >= 0.6 is 0 Å². The molecule has 0 fully saturated rings. The minimum atomic E-state index is -1.46. The summed E-state index contributed by atoms with van der Waals surface area (Å²) < 4.78 is 26.4. The molecule has 16 heavy (non-hydrogen) atoms. The van der Waals surface area contributed by atoms with E-state index in [0.717, 1.165) is 6.07 Å². The summed E-state index contributed by atoms with van der Waals surface area (Å²) in [5, 5.41) is 8.66. The van der Waals surface area contributed by atoms with Gasteiger partial charge in [-0.15, -0.1) is 0 Å². The maximum atomic E-state index is 13.3. The molecule has 0 aromatic heterocycles. The van der Waals surface area contributed by atoms with E-state index in [2.05, 4.69) is 0 Å². The summed E-state index contributed by atoms with van der Waals surface area (Å²) in [5.41, 5.74) is -0.556. The Morgan fingerprint density at radius 2 is 2.06 bits per heavy atom. The second-order valence-electron chi connectivity index (χ2n) is 3.46.